The van der Waals surface area contributed by atoms with Crippen LogP contribution in [0, 0.1) is 0 Å². The number of carbonyl (C=O) groups is 1. The van der Waals surface area contributed by atoms with Crippen LogP contribution in [-0.4, -0.2) is 71.8 Å². The van der Waals surface area contributed by atoms with E-state index in [0.29, 0.717) is 0 Å². The average Bonchev–Trinajstić information content (AvgIpc) is 2.88. The molecule has 0 saturated carbocycles. The van der Waals surface area contributed by atoms with E-state index in [4.69, 9.17) is 9.90 Å². The number of aliphatic hydroxyl groups is 3. The Morgan fingerprint density at radius 3 is 1.18 bits per heavy atom. The fourth-order valence-corrected chi connectivity index (χ4v) is 5.04. The molecule has 3 N–H and O–H groups in total. The van der Waals surface area contributed by atoms with Crippen molar-refractivity contribution in [2.45, 2.75) is 142 Å². The number of carbonyl (C=O) groups excluding carboxylic acids is 1. The molecule has 6 heteroatoms. The Labute approximate surface area is 236 Å². The van der Waals surface area contributed by atoms with Crippen molar-refractivity contribution in [3.8, 4) is 0 Å². The number of quaternary nitrogens is 1. The highest BCUT2D eigenvalue weighted by Crippen LogP contribution is 2.18. The second kappa shape index (κ2) is 32.3. The lowest BCUT2D eigenvalue weighted by atomic mass is 10.1. The van der Waals surface area contributed by atoms with Crippen molar-refractivity contribution in [3.63, 3.8) is 0 Å². The molecule has 0 saturated heterocycles. The molecule has 0 aliphatic heterocycles. The van der Waals surface area contributed by atoms with Crippen molar-refractivity contribution in [3.05, 3.63) is 12.2 Å². The van der Waals surface area contributed by atoms with Crippen molar-refractivity contribution < 1.29 is 29.7 Å². The number of aliphatic hydroxyl groups excluding tert-OH is 3. The molecule has 0 heterocycles. The summed E-state index contributed by atoms with van der Waals surface area (Å²) >= 11 is 0. The topological polar surface area (TPSA) is 101 Å². The van der Waals surface area contributed by atoms with Crippen LogP contribution in [0.25, 0.3) is 0 Å². The zero-order chi connectivity index (χ0) is 28.6. The van der Waals surface area contributed by atoms with Crippen molar-refractivity contribution >= 4 is 5.97 Å². The van der Waals surface area contributed by atoms with E-state index in [-0.39, 0.29) is 19.8 Å². The van der Waals surface area contributed by atoms with Gasteiger partial charge in [0, 0.05) is 25.8 Å². The summed E-state index contributed by atoms with van der Waals surface area (Å²) in [6.45, 7) is 8.68. The lowest BCUT2D eigenvalue weighted by Crippen LogP contribution is -2.51. The molecule has 0 unspecified atom stereocenters. The van der Waals surface area contributed by atoms with Gasteiger partial charge in [0.25, 0.3) is 0 Å². The molecular weight excluding hydrogens is 478 g/mol. The number of allylic oxidation sites excluding steroid dienone is 2. The molecule has 0 aromatic carbocycles. The first-order valence-corrected chi connectivity index (χ1v) is 16.0. The number of aliphatic carboxylic acids is 1. The van der Waals surface area contributed by atoms with Gasteiger partial charge in [0.1, 0.15) is 0 Å². The van der Waals surface area contributed by atoms with Gasteiger partial charge in [-0.25, -0.2) is 0 Å². The fraction of sp³-hybridized carbons (Fsp3) is 0.906. The summed E-state index contributed by atoms with van der Waals surface area (Å²) in [4.78, 5) is 8.89. The molecular formula is C32H65NO5. The van der Waals surface area contributed by atoms with Crippen molar-refractivity contribution in [2.24, 2.45) is 0 Å². The summed E-state index contributed by atoms with van der Waals surface area (Å²) in [7, 11) is 0. The van der Waals surface area contributed by atoms with E-state index < -0.39 is 5.97 Å². The Morgan fingerprint density at radius 2 is 0.842 bits per heavy atom. The quantitative estimate of drug-likeness (QED) is 0.0646. The molecule has 0 aromatic heterocycles. The van der Waals surface area contributed by atoms with Crippen LogP contribution in [0.1, 0.15) is 142 Å². The maximum Gasteiger partial charge on any atom is 0.0787 e. The Bertz CT molecular complexity index is 468. The highest BCUT2D eigenvalue weighted by molar-refractivity contribution is 5.60. The van der Waals surface area contributed by atoms with E-state index in [1.807, 2.05) is 0 Å². The van der Waals surface area contributed by atoms with Crippen LogP contribution in [0.3, 0.4) is 0 Å². The van der Waals surface area contributed by atoms with Gasteiger partial charge in [-0.05, 0) is 84.0 Å². The van der Waals surface area contributed by atoms with Crippen LogP contribution in [0.5, 0.6) is 0 Å². The maximum absolute atomic E-state index is 9.24. The molecule has 0 spiro atoms. The summed E-state index contributed by atoms with van der Waals surface area (Å²) in [6.07, 6.45) is 29.5. The van der Waals surface area contributed by atoms with Gasteiger partial charge in [0.05, 0.1) is 26.2 Å². The number of hydrogen-bond acceptors (Lipinski definition) is 5. The Kier molecular flexibility index (Phi) is 33.3. The second-order valence-electron chi connectivity index (χ2n) is 11.0. The first-order valence-electron chi connectivity index (χ1n) is 16.0. The summed E-state index contributed by atoms with van der Waals surface area (Å²) < 4.78 is 1.11. The number of unbranched alkanes of at least 4 members (excludes halogenated alkanes) is 15. The van der Waals surface area contributed by atoms with Crippen LogP contribution >= 0.6 is 0 Å². The van der Waals surface area contributed by atoms with Gasteiger partial charge in [0.2, 0.25) is 0 Å². The number of carboxylic acids is 1. The van der Waals surface area contributed by atoms with E-state index in [1.54, 1.807) is 0 Å². The molecule has 0 radical (unpaired) electrons. The van der Waals surface area contributed by atoms with E-state index in [1.165, 1.54) is 96.4 Å². The third kappa shape index (κ3) is 31.3. The largest absolute Gasteiger partial charge is 0.550 e. The van der Waals surface area contributed by atoms with Crippen molar-refractivity contribution in [1.82, 2.24) is 0 Å². The molecule has 0 bridgehead atoms. The van der Waals surface area contributed by atoms with Crippen LogP contribution in [-0.2, 0) is 4.79 Å². The Hall–Kier alpha value is -0.950. The SMILES string of the molecule is CC(=O)[O-].CCCCCCCC/C=C\CCCCCCCC[N+](CCCCO)(CCCCO)CCCCO. The summed E-state index contributed by atoms with van der Waals surface area (Å²) in [6, 6.07) is 0. The Morgan fingerprint density at radius 1 is 0.553 bits per heavy atom. The molecule has 0 fully saturated rings. The minimum Gasteiger partial charge on any atom is -0.550 e. The highest BCUT2D eigenvalue weighted by Gasteiger charge is 2.25. The summed E-state index contributed by atoms with van der Waals surface area (Å²) in [5, 5.41) is 36.6. The van der Waals surface area contributed by atoms with Crippen LogP contribution in [0.15, 0.2) is 12.2 Å². The molecule has 0 aliphatic carbocycles. The first kappa shape index (κ1) is 39.2. The minimum absolute atomic E-state index is 0.279. The lowest BCUT2D eigenvalue weighted by molar-refractivity contribution is -0.929. The first-order chi connectivity index (χ1) is 18.5. The zero-order valence-corrected chi connectivity index (χ0v) is 25.4. The van der Waals surface area contributed by atoms with E-state index in [2.05, 4.69) is 19.1 Å². The van der Waals surface area contributed by atoms with E-state index in [9.17, 15) is 15.3 Å². The summed E-state index contributed by atoms with van der Waals surface area (Å²) in [5.74, 6) is -1.08. The number of rotatable bonds is 28. The zero-order valence-electron chi connectivity index (χ0n) is 25.4. The Balaban J connectivity index is 0. The van der Waals surface area contributed by atoms with Crippen LogP contribution in [0.4, 0.5) is 0 Å². The highest BCUT2D eigenvalue weighted by atomic mass is 16.4. The predicted molar refractivity (Wildman–Crippen MR) is 159 cm³/mol. The smallest absolute Gasteiger partial charge is 0.0787 e. The van der Waals surface area contributed by atoms with Crippen molar-refractivity contribution in [1.29, 1.82) is 0 Å². The van der Waals surface area contributed by atoms with Gasteiger partial charge in [0.15, 0.2) is 0 Å². The lowest BCUT2D eigenvalue weighted by Gasteiger charge is -2.39. The monoisotopic (exact) mass is 543 g/mol. The maximum atomic E-state index is 9.24. The molecule has 0 amide bonds. The van der Waals surface area contributed by atoms with Gasteiger partial charge in [-0.1, -0.05) is 70.4 Å². The van der Waals surface area contributed by atoms with E-state index >= 15 is 0 Å². The fourth-order valence-electron chi connectivity index (χ4n) is 5.04. The molecule has 0 atom stereocenters. The summed E-state index contributed by atoms with van der Waals surface area (Å²) in [5.41, 5.74) is 0. The molecule has 228 valence electrons. The van der Waals surface area contributed by atoms with Gasteiger partial charge >= 0.3 is 0 Å². The standard InChI is InChI=1S/C30H62NO3.C2H4O2/c1-2-3-4-5-6-7-8-9-10-11-12-13-14-15-16-17-24-31(25-18-21-28-32,26-19-22-29-33)27-20-23-30-34;1-2(3)4/h9-10,32-34H,2-8,11-30H2,1H3;1H3,(H,3,4)/q+1;/p-1/b10-9-;. The number of carboxylic acid groups (broad SMARTS) is 1. The normalized spacial score (nSPS) is 11.6. The predicted octanol–water partition coefficient (Wildman–Crippen LogP) is 5.91. The number of nitrogens with zero attached hydrogens (tertiary/aromatic N) is 1. The molecule has 0 aliphatic rings. The van der Waals surface area contributed by atoms with Gasteiger partial charge < -0.3 is 29.7 Å². The minimum atomic E-state index is -1.08. The molecule has 38 heavy (non-hydrogen) atoms. The average molecular weight is 544 g/mol. The van der Waals surface area contributed by atoms with Crippen LogP contribution in [0.2, 0.25) is 0 Å². The second-order valence-corrected chi connectivity index (χ2v) is 11.0. The molecule has 0 aromatic rings. The van der Waals surface area contributed by atoms with Crippen LogP contribution < -0.4 is 5.11 Å². The third-order valence-corrected chi connectivity index (χ3v) is 7.27. The third-order valence-electron chi connectivity index (χ3n) is 7.27. The number of hydrogen-bond donors (Lipinski definition) is 3. The molecule has 6 nitrogen and oxygen atoms in total. The van der Waals surface area contributed by atoms with Gasteiger partial charge in [-0.3, -0.25) is 0 Å². The van der Waals surface area contributed by atoms with E-state index in [0.717, 1.165) is 69.6 Å². The molecule has 0 rings (SSSR count). The van der Waals surface area contributed by atoms with Gasteiger partial charge in [-0.15, -0.1) is 0 Å². The van der Waals surface area contributed by atoms with Crippen molar-refractivity contribution in [2.75, 3.05) is 46.0 Å². The van der Waals surface area contributed by atoms with Gasteiger partial charge in [-0.2, -0.15) is 0 Å².